The Morgan fingerprint density at radius 3 is 2.50 bits per heavy atom. The molecule has 0 aliphatic carbocycles. The quantitative estimate of drug-likeness (QED) is 0.638. The monoisotopic (exact) mass is 217 g/mol. The molecule has 0 saturated carbocycles. The van der Waals surface area contributed by atoms with Crippen LogP contribution in [0.1, 0.15) is 6.92 Å². The van der Waals surface area contributed by atoms with Crippen LogP contribution in [0.5, 0.6) is 0 Å². The molecule has 0 aliphatic rings. The van der Waals surface area contributed by atoms with Crippen LogP contribution >= 0.6 is 0 Å². The van der Waals surface area contributed by atoms with E-state index in [1.807, 2.05) is 0 Å². The third-order valence-corrected chi connectivity index (χ3v) is 0.977. The second-order valence-electron chi connectivity index (χ2n) is 1.78. The first-order valence-corrected chi connectivity index (χ1v) is 2.82. The van der Waals surface area contributed by atoms with Crippen molar-refractivity contribution < 1.29 is 37.5 Å². The Morgan fingerprint density at radius 2 is 2.20 bits per heavy atom. The Kier molecular flexibility index (Phi) is 9.78. The van der Waals surface area contributed by atoms with Crippen LogP contribution in [0.2, 0.25) is 0 Å². The molecule has 0 rings (SSSR count). The van der Waals surface area contributed by atoms with Gasteiger partial charge in [-0.15, -0.1) is 0 Å². The van der Waals surface area contributed by atoms with Gasteiger partial charge in [-0.3, -0.25) is 0 Å². The molecule has 4 heteroatoms. The molecule has 0 bridgehead atoms. The summed E-state index contributed by atoms with van der Waals surface area (Å²) in [6.45, 7) is 2.19. The number of hydrogen-bond acceptors (Lipinski definition) is 1. The van der Waals surface area contributed by atoms with Crippen LogP contribution in [0.3, 0.4) is 0 Å². The average Bonchev–Trinajstić information content (AvgIpc) is 1.87. The SMILES string of the molecule is C[CH-]C(=O)N(C)C[N-]C.[Y]. The maximum atomic E-state index is 10.7. The average molecular weight is 217 g/mol. The zero-order valence-electron chi connectivity index (χ0n) is 6.66. The number of rotatable bonds is 3. The zero-order valence-corrected chi connectivity index (χ0v) is 9.50. The summed E-state index contributed by atoms with van der Waals surface area (Å²) in [4.78, 5) is 12.3. The van der Waals surface area contributed by atoms with E-state index < -0.39 is 0 Å². The third kappa shape index (κ3) is 5.21. The van der Waals surface area contributed by atoms with Crippen LogP contribution in [-0.4, -0.2) is 31.6 Å². The molecule has 0 heterocycles. The molecule has 0 aromatic rings. The number of hydrogen-bond donors (Lipinski definition) is 0. The normalized spacial score (nSPS) is 7.90. The van der Waals surface area contributed by atoms with Crippen molar-refractivity contribution in [3.05, 3.63) is 11.7 Å². The van der Waals surface area contributed by atoms with Crippen molar-refractivity contribution in [2.45, 2.75) is 6.92 Å². The van der Waals surface area contributed by atoms with E-state index in [0.29, 0.717) is 6.67 Å². The first-order chi connectivity index (χ1) is 4.22. The molecule has 1 radical (unpaired) electrons. The van der Waals surface area contributed by atoms with E-state index in [-0.39, 0.29) is 38.6 Å². The topological polar surface area (TPSA) is 34.4 Å². The van der Waals surface area contributed by atoms with Gasteiger partial charge in [-0.05, 0) is 0 Å². The van der Waals surface area contributed by atoms with Gasteiger partial charge >= 0.3 is 0 Å². The Labute approximate surface area is 87.4 Å². The fourth-order valence-electron chi connectivity index (χ4n) is 0.502. The van der Waals surface area contributed by atoms with E-state index in [9.17, 15) is 4.79 Å². The molecule has 0 unspecified atom stereocenters. The number of carbonyl (C=O) groups excluding carboxylic acids is 1. The standard InChI is InChI=1S/C6H12N2O.Y/c1-4-6(9)8(3)5-7-2;/h4H,5H2,1-3H3;/q-2;. The summed E-state index contributed by atoms with van der Waals surface area (Å²) in [5, 5.41) is 3.79. The second-order valence-corrected chi connectivity index (χ2v) is 1.78. The van der Waals surface area contributed by atoms with Crippen LogP contribution in [0.25, 0.3) is 5.32 Å². The summed E-state index contributed by atoms with van der Waals surface area (Å²) >= 11 is 0. The van der Waals surface area contributed by atoms with E-state index in [4.69, 9.17) is 0 Å². The van der Waals surface area contributed by atoms with Crippen molar-refractivity contribution in [3.63, 3.8) is 0 Å². The molecule has 3 nitrogen and oxygen atoms in total. The summed E-state index contributed by atoms with van der Waals surface area (Å²) in [7, 11) is 3.40. The minimum atomic E-state index is 0. The number of amides is 1. The maximum absolute atomic E-state index is 10.7. The predicted octanol–water partition coefficient (Wildman–Crippen LogP) is 0.627. The summed E-state index contributed by atoms with van der Waals surface area (Å²) in [6.07, 6.45) is 1.52. The second kappa shape index (κ2) is 7.51. The minimum Gasteiger partial charge on any atom is -0.648 e. The summed E-state index contributed by atoms with van der Waals surface area (Å²) < 4.78 is 0. The van der Waals surface area contributed by atoms with Crippen molar-refractivity contribution >= 4 is 5.91 Å². The Balaban J connectivity index is 0. The molecule has 10 heavy (non-hydrogen) atoms. The van der Waals surface area contributed by atoms with Crippen LogP contribution < -0.4 is 0 Å². The molecular formula is C6H12N2OY-2. The van der Waals surface area contributed by atoms with Gasteiger partial charge in [-0.2, -0.15) is 14.0 Å². The third-order valence-electron chi connectivity index (χ3n) is 0.977. The van der Waals surface area contributed by atoms with Crippen molar-refractivity contribution in [3.8, 4) is 0 Å². The fourth-order valence-corrected chi connectivity index (χ4v) is 0.502. The van der Waals surface area contributed by atoms with Gasteiger partial charge in [0.1, 0.15) is 0 Å². The van der Waals surface area contributed by atoms with Gasteiger partial charge in [0.15, 0.2) is 0 Å². The molecule has 0 aliphatic heterocycles. The van der Waals surface area contributed by atoms with E-state index in [1.54, 1.807) is 25.9 Å². The van der Waals surface area contributed by atoms with Gasteiger partial charge in [-0.1, -0.05) is 6.67 Å². The summed E-state index contributed by atoms with van der Waals surface area (Å²) in [6, 6.07) is 0. The molecule has 0 aromatic carbocycles. The first kappa shape index (κ1) is 13.0. The van der Waals surface area contributed by atoms with Gasteiger partial charge in [-0.25, -0.2) is 0 Å². The van der Waals surface area contributed by atoms with E-state index in [2.05, 4.69) is 5.32 Å². The van der Waals surface area contributed by atoms with Crippen molar-refractivity contribution in [2.75, 3.05) is 20.8 Å². The Morgan fingerprint density at radius 1 is 1.70 bits per heavy atom. The molecule has 57 valence electrons. The molecule has 0 spiro atoms. The number of nitrogens with zero attached hydrogens (tertiary/aromatic N) is 2. The van der Waals surface area contributed by atoms with Crippen LogP contribution in [0.4, 0.5) is 0 Å². The minimum absolute atomic E-state index is 0. The van der Waals surface area contributed by atoms with Crippen molar-refractivity contribution in [1.29, 1.82) is 0 Å². The zero-order chi connectivity index (χ0) is 7.28. The van der Waals surface area contributed by atoms with Gasteiger partial charge < -0.3 is 21.4 Å². The molecule has 1 amide bonds. The summed E-state index contributed by atoms with van der Waals surface area (Å²) in [5.74, 6) is 0.0144. The summed E-state index contributed by atoms with van der Waals surface area (Å²) in [5.41, 5.74) is 0. The van der Waals surface area contributed by atoms with Crippen LogP contribution in [0.15, 0.2) is 0 Å². The van der Waals surface area contributed by atoms with Crippen LogP contribution in [-0.2, 0) is 37.5 Å². The molecular weight excluding hydrogens is 205 g/mol. The maximum Gasteiger partial charge on any atom is 0.0829 e. The molecule has 0 aromatic heterocycles. The number of carbonyl (C=O) groups is 1. The van der Waals surface area contributed by atoms with Crippen molar-refractivity contribution in [1.82, 2.24) is 4.90 Å². The van der Waals surface area contributed by atoms with Gasteiger partial charge in [0, 0.05) is 39.8 Å². The molecule has 0 atom stereocenters. The Hall–Kier alpha value is 0.404. The van der Waals surface area contributed by atoms with E-state index >= 15 is 0 Å². The van der Waals surface area contributed by atoms with Crippen molar-refractivity contribution in [2.24, 2.45) is 0 Å². The molecule has 0 N–H and O–H groups in total. The molecule has 0 fully saturated rings. The Bertz CT molecular complexity index is 97.7. The first-order valence-electron chi connectivity index (χ1n) is 2.82. The van der Waals surface area contributed by atoms with Gasteiger partial charge in [0.25, 0.3) is 0 Å². The van der Waals surface area contributed by atoms with Gasteiger partial charge in [0.2, 0.25) is 0 Å². The fraction of sp³-hybridized carbons (Fsp3) is 0.667. The van der Waals surface area contributed by atoms with E-state index in [1.165, 1.54) is 6.42 Å². The van der Waals surface area contributed by atoms with Crippen LogP contribution in [0, 0.1) is 6.42 Å². The largest absolute Gasteiger partial charge is 0.648 e. The predicted molar refractivity (Wildman–Crippen MR) is 36.9 cm³/mol. The smallest absolute Gasteiger partial charge is 0.0829 e. The molecule has 0 saturated heterocycles. The van der Waals surface area contributed by atoms with Gasteiger partial charge in [0.05, 0.1) is 5.91 Å². The van der Waals surface area contributed by atoms with E-state index in [0.717, 1.165) is 0 Å².